The molecule has 21 heavy (non-hydrogen) atoms. The predicted octanol–water partition coefficient (Wildman–Crippen LogP) is 1.34. The lowest BCUT2D eigenvalue weighted by molar-refractivity contribution is 0.0762. The molecule has 2 heterocycles. The molecule has 2 N–H and O–H groups in total. The van der Waals surface area contributed by atoms with Gasteiger partial charge in [-0.05, 0) is 19.0 Å². The number of likely N-dealkylation sites (N-methyl/N-ethyl adjacent to an activating group) is 1. The highest BCUT2D eigenvalue weighted by Gasteiger charge is 2.30. The van der Waals surface area contributed by atoms with Crippen molar-refractivity contribution < 1.29 is 4.74 Å². The fourth-order valence-electron chi connectivity index (χ4n) is 3.48. The Labute approximate surface area is 127 Å². The molecule has 0 saturated carbocycles. The second kappa shape index (κ2) is 6.88. The summed E-state index contributed by atoms with van der Waals surface area (Å²) >= 11 is 0. The highest BCUT2D eigenvalue weighted by atomic mass is 16.5. The monoisotopic (exact) mass is 289 g/mol. The largest absolute Gasteiger partial charge is 0.381 e. The third kappa shape index (κ3) is 3.64. The standard InChI is InChI=1S/C17H27N3O/c1-19-8-9-20(11-16(18)15-7-10-21-13-15)17(12-19)14-5-3-2-4-6-14/h2-6,15-17H,7-13,18H2,1H3. The molecule has 1 aromatic carbocycles. The van der Waals surface area contributed by atoms with Gasteiger partial charge in [-0.2, -0.15) is 0 Å². The Morgan fingerprint density at radius 3 is 2.81 bits per heavy atom. The minimum atomic E-state index is 0.224. The Hall–Kier alpha value is -0.940. The van der Waals surface area contributed by atoms with Gasteiger partial charge in [0.15, 0.2) is 0 Å². The number of nitrogens with two attached hydrogens (primary N) is 1. The van der Waals surface area contributed by atoms with Crippen molar-refractivity contribution in [3.05, 3.63) is 35.9 Å². The summed E-state index contributed by atoms with van der Waals surface area (Å²) in [6.45, 7) is 5.99. The number of hydrogen-bond acceptors (Lipinski definition) is 4. The first-order chi connectivity index (χ1) is 10.2. The number of rotatable bonds is 4. The predicted molar refractivity (Wildman–Crippen MR) is 85.2 cm³/mol. The van der Waals surface area contributed by atoms with E-state index in [1.54, 1.807) is 0 Å². The first-order valence-electron chi connectivity index (χ1n) is 8.05. The van der Waals surface area contributed by atoms with Gasteiger partial charge >= 0.3 is 0 Å². The van der Waals surface area contributed by atoms with Gasteiger partial charge in [0, 0.05) is 50.8 Å². The molecular weight excluding hydrogens is 262 g/mol. The number of piperazine rings is 1. The molecule has 2 fully saturated rings. The molecule has 3 unspecified atom stereocenters. The highest BCUT2D eigenvalue weighted by Crippen LogP contribution is 2.26. The van der Waals surface area contributed by atoms with E-state index in [2.05, 4.69) is 47.2 Å². The Bertz CT molecular complexity index is 433. The van der Waals surface area contributed by atoms with Crippen molar-refractivity contribution >= 4 is 0 Å². The third-order valence-corrected chi connectivity index (χ3v) is 4.89. The van der Waals surface area contributed by atoms with Crippen molar-refractivity contribution in [1.29, 1.82) is 0 Å². The maximum absolute atomic E-state index is 6.45. The molecule has 116 valence electrons. The maximum atomic E-state index is 6.45. The molecule has 1 aromatic rings. The van der Waals surface area contributed by atoms with Crippen LogP contribution in [0.1, 0.15) is 18.0 Å². The van der Waals surface area contributed by atoms with Gasteiger partial charge in [0.05, 0.1) is 6.61 Å². The summed E-state index contributed by atoms with van der Waals surface area (Å²) in [5.74, 6) is 0.529. The van der Waals surface area contributed by atoms with E-state index >= 15 is 0 Å². The van der Waals surface area contributed by atoms with Crippen molar-refractivity contribution in [3.8, 4) is 0 Å². The molecule has 0 bridgehead atoms. The number of nitrogens with zero attached hydrogens (tertiary/aromatic N) is 2. The van der Waals surface area contributed by atoms with Crippen molar-refractivity contribution in [2.75, 3.05) is 46.4 Å². The lowest BCUT2D eigenvalue weighted by atomic mass is 9.96. The van der Waals surface area contributed by atoms with Gasteiger partial charge < -0.3 is 15.4 Å². The first-order valence-corrected chi connectivity index (χ1v) is 8.05. The molecule has 4 heteroatoms. The van der Waals surface area contributed by atoms with E-state index < -0.39 is 0 Å². The van der Waals surface area contributed by atoms with Gasteiger partial charge in [0.25, 0.3) is 0 Å². The van der Waals surface area contributed by atoms with E-state index in [0.717, 1.165) is 45.8 Å². The van der Waals surface area contributed by atoms with Crippen LogP contribution in [0.3, 0.4) is 0 Å². The Kier molecular flexibility index (Phi) is 4.91. The van der Waals surface area contributed by atoms with Gasteiger partial charge in [-0.25, -0.2) is 0 Å². The molecule has 2 aliphatic rings. The van der Waals surface area contributed by atoms with Crippen LogP contribution in [0.4, 0.5) is 0 Å². The molecule has 3 atom stereocenters. The molecular formula is C17H27N3O. The van der Waals surface area contributed by atoms with Crippen LogP contribution < -0.4 is 5.73 Å². The lowest BCUT2D eigenvalue weighted by Gasteiger charge is -2.42. The number of hydrogen-bond donors (Lipinski definition) is 1. The summed E-state index contributed by atoms with van der Waals surface area (Å²) in [5.41, 5.74) is 7.85. The minimum absolute atomic E-state index is 0.224. The third-order valence-electron chi connectivity index (χ3n) is 4.89. The van der Waals surface area contributed by atoms with Crippen LogP contribution >= 0.6 is 0 Å². The van der Waals surface area contributed by atoms with Gasteiger partial charge in [0.1, 0.15) is 0 Å². The van der Waals surface area contributed by atoms with E-state index in [0.29, 0.717) is 12.0 Å². The van der Waals surface area contributed by atoms with Crippen molar-refractivity contribution in [2.45, 2.75) is 18.5 Å². The summed E-state index contributed by atoms with van der Waals surface area (Å²) < 4.78 is 5.49. The van der Waals surface area contributed by atoms with Crippen molar-refractivity contribution in [3.63, 3.8) is 0 Å². The fraction of sp³-hybridized carbons (Fsp3) is 0.647. The van der Waals surface area contributed by atoms with Gasteiger partial charge in [-0.15, -0.1) is 0 Å². The molecule has 3 rings (SSSR count). The van der Waals surface area contributed by atoms with Crippen LogP contribution in [0.15, 0.2) is 30.3 Å². The Morgan fingerprint density at radius 2 is 2.10 bits per heavy atom. The zero-order valence-electron chi connectivity index (χ0n) is 12.9. The topological polar surface area (TPSA) is 41.7 Å². The number of ether oxygens (including phenoxy) is 1. The average molecular weight is 289 g/mol. The lowest BCUT2D eigenvalue weighted by Crippen LogP contribution is -2.51. The van der Waals surface area contributed by atoms with Gasteiger partial charge in [-0.3, -0.25) is 4.90 Å². The Morgan fingerprint density at radius 1 is 1.29 bits per heavy atom. The Balaban J connectivity index is 1.69. The highest BCUT2D eigenvalue weighted by molar-refractivity contribution is 5.20. The summed E-state index contributed by atoms with van der Waals surface area (Å²) in [4.78, 5) is 4.98. The fourth-order valence-corrected chi connectivity index (χ4v) is 3.48. The molecule has 0 aromatic heterocycles. The molecule has 0 amide bonds. The average Bonchev–Trinajstić information content (AvgIpc) is 3.04. The van der Waals surface area contributed by atoms with Crippen LogP contribution in [0.2, 0.25) is 0 Å². The first kappa shape index (κ1) is 15.0. The van der Waals surface area contributed by atoms with Crippen LogP contribution in [0.25, 0.3) is 0 Å². The summed E-state index contributed by atoms with van der Waals surface area (Å²) in [5, 5.41) is 0. The van der Waals surface area contributed by atoms with E-state index in [1.165, 1.54) is 5.56 Å². The van der Waals surface area contributed by atoms with Gasteiger partial charge in [-0.1, -0.05) is 30.3 Å². The second-order valence-corrected chi connectivity index (χ2v) is 6.47. The molecule has 0 spiro atoms. The van der Waals surface area contributed by atoms with E-state index in [4.69, 9.17) is 10.5 Å². The summed E-state index contributed by atoms with van der Waals surface area (Å²) in [6.07, 6.45) is 1.12. The quantitative estimate of drug-likeness (QED) is 0.908. The van der Waals surface area contributed by atoms with E-state index in [1.807, 2.05) is 0 Å². The SMILES string of the molecule is CN1CCN(CC(N)C2CCOC2)C(c2ccccc2)C1. The number of benzene rings is 1. The molecule has 4 nitrogen and oxygen atoms in total. The maximum Gasteiger partial charge on any atom is 0.0510 e. The van der Waals surface area contributed by atoms with Gasteiger partial charge in [0.2, 0.25) is 0 Å². The molecule has 2 aliphatic heterocycles. The molecule has 2 saturated heterocycles. The van der Waals surface area contributed by atoms with Crippen molar-refractivity contribution in [1.82, 2.24) is 9.80 Å². The normalized spacial score (nSPS) is 29.6. The second-order valence-electron chi connectivity index (χ2n) is 6.47. The molecule has 0 aliphatic carbocycles. The summed E-state index contributed by atoms with van der Waals surface area (Å²) in [6, 6.07) is 11.5. The van der Waals surface area contributed by atoms with Crippen LogP contribution in [0.5, 0.6) is 0 Å². The smallest absolute Gasteiger partial charge is 0.0510 e. The molecule has 0 radical (unpaired) electrons. The van der Waals surface area contributed by atoms with E-state index in [-0.39, 0.29) is 6.04 Å². The summed E-state index contributed by atoms with van der Waals surface area (Å²) in [7, 11) is 2.21. The van der Waals surface area contributed by atoms with Crippen LogP contribution in [0, 0.1) is 5.92 Å². The minimum Gasteiger partial charge on any atom is -0.381 e. The van der Waals surface area contributed by atoms with E-state index in [9.17, 15) is 0 Å². The zero-order valence-corrected chi connectivity index (χ0v) is 12.9. The van der Waals surface area contributed by atoms with Crippen molar-refractivity contribution in [2.24, 2.45) is 11.7 Å². The van der Waals surface area contributed by atoms with Crippen LogP contribution in [-0.4, -0.2) is 62.3 Å². The van der Waals surface area contributed by atoms with Crippen LogP contribution in [-0.2, 0) is 4.74 Å². The zero-order chi connectivity index (χ0) is 14.7.